The van der Waals surface area contributed by atoms with Gasteiger partial charge in [-0.1, -0.05) is 6.58 Å². The third-order valence-electron chi connectivity index (χ3n) is 3.52. The molecule has 0 unspecified atom stereocenters. The first kappa shape index (κ1) is 14.3. The molecular weight excluding hydrogens is 324 g/mol. The van der Waals surface area contributed by atoms with Gasteiger partial charge in [0.2, 0.25) is 5.91 Å². The van der Waals surface area contributed by atoms with Gasteiger partial charge in [-0.05, 0) is 51.7 Å². The van der Waals surface area contributed by atoms with Gasteiger partial charge in [0, 0.05) is 28.9 Å². The second-order valence-corrected chi connectivity index (χ2v) is 6.37. The summed E-state index contributed by atoms with van der Waals surface area (Å²) in [5.74, 6) is 0.416. The molecule has 1 aliphatic rings. The summed E-state index contributed by atoms with van der Waals surface area (Å²) in [6.07, 6.45) is 3.82. The van der Waals surface area contributed by atoms with Gasteiger partial charge in [0.05, 0.1) is 6.07 Å². The van der Waals surface area contributed by atoms with Crippen LogP contribution in [0.2, 0.25) is 0 Å². The Morgan fingerprint density at radius 1 is 1.63 bits per heavy atom. The van der Waals surface area contributed by atoms with Crippen molar-refractivity contribution >= 4 is 33.2 Å². The molecule has 1 amide bonds. The largest absolute Gasteiger partial charge is 0.332 e. The molecule has 0 saturated heterocycles. The van der Waals surface area contributed by atoms with Crippen molar-refractivity contribution < 1.29 is 4.79 Å². The standard InChI is InChI=1S/C14H15BrN2OS/c1-2-14(18)17(7-11-8-19-9-13(11)15)12-5-10(6-12)3-4-16/h2,8-10,12H,1,3,5-7H2. The van der Waals surface area contributed by atoms with Gasteiger partial charge in [0.1, 0.15) is 0 Å². The lowest BCUT2D eigenvalue weighted by Crippen LogP contribution is -2.46. The number of amides is 1. The maximum absolute atomic E-state index is 12.0. The molecule has 1 aliphatic carbocycles. The van der Waals surface area contributed by atoms with Crippen molar-refractivity contribution in [3.05, 3.63) is 33.5 Å². The molecule has 19 heavy (non-hydrogen) atoms. The van der Waals surface area contributed by atoms with E-state index in [0.29, 0.717) is 18.9 Å². The maximum atomic E-state index is 12.0. The Bertz CT molecular complexity index is 514. The van der Waals surface area contributed by atoms with Crippen molar-refractivity contribution in [3.63, 3.8) is 0 Å². The zero-order valence-electron chi connectivity index (χ0n) is 10.5. The summed E-state index contributed by atoms with van der Waals surface area (Å²) in [5, 5.41) is 12.7. The van der Waals surface area contributed by atoms with E-state index in [2.05, 4.69) is 34.0 Å². The zero-order chi connectivity index (χ0) is 13.8. The summed E-state index contributed by atoms with van der Waals surface area (Å²) in [6, 6.07) is 2.44. The smallest absolute Gasteiger partial charge is 0.246 e. The van der Waals surface area contributed by atoms with Crippen LogP contribution in [0.3, 0.4) is 0 Å². The first-order valence-electron chi connectivity index (χ1n) is 6.16. The Kier molecular flexibility index (Phi) is 4.78. The molecule has 0 aromatic carbocycles. The molecule has 5 heteroatoms. The van der Waals surface area contributed by atoms with Crippen molar-refractivity contribution in [1.29, 1.82) is 5.26 Å². The van der Waals surface area contributed by atoms with Crippen LogP contribution in [-0.4, -0.2) is 16.8 Å². The van der Waals surface area contributed by atoms with Crippen LogP contribution in [-0.2, 0) is 11.3 Å². The molecular formula is C14H15BrN2OS. The molecule has 1 heterocycles. The molecule has 0 N–H and O–H groups in total. The molecule has 1 fully saturated rings. The zero-order valence-corrected chi connectivity index (χ0v) is 12.9. The summed E-state index contributed by atoms with van der Waals surface area (Å²) in [6.45, 7) is 4.19. The van der Waals surface area contributed by atoms with E-state index >= 15 is 0 Å². The molecule has 100 valence electrons. The molecule has 0 spiro atoms. The fourth-order valence-electron chi connectivity index (χ4n) is 2.36. The summed E-state index contributed by atoms with van der Waals surface area (Å²) < 4.78 is 1.05. The first-order chi connectivity index (χ1) is 9.15. The molecule has 0 aliphatic heterocycles. The molecule has 2 rings (SSSR count). The molecule has 0 atom stereocenters. The highest BCUT2D eigenvalue weighted by Crippen LogP contribution is 2.35. The number of nitriles is 1. The number of hydrogen-bond donors (Lipinski definition) is 0. The Balaban J connectivity index is 2.02. The van der Waals surface area contributed by atoms with E-state index in [1.54, 1.807) is 11.3 Å². The van der Waals surface area contributed by atoms with Gasteiger partial charge >= 0.3 is 0 Å². The molecule has 1 aromatic heterocycles. The van der Waals surface area contributed by atoms with E-state index in [0.717, 1.165) is 22.9 Å². The van der Waals surface area contributed by atoms with Gasteiger partial charge in [-0.15, -0.1) is 0 Å². The van der Waals surface area contributed by atoms with Crippen LogP contribution in [0.1, 0.15) is 24.8 Å². The number of carbonyl (C=O) groups is 1. The monoisotopic (exact) mass is 338 g/mol. The number of hydrogen-bond acceptors (Lipinski definition) is 3. The minimum Gasteiger partial charge on any atom is -0.332 e. The Hall–Kier alpha value is -1.12. The summed E-state index contributed by atoms with van der Waals surface area (Å²) in [7, 11) is 0. The van der Waals surface area contributed by atoms with Gasteiger partial charge in [-0.3, -0.25) is 4.79 Å². The lowest BCUT2D eigenvalue weighted by molar-refractivity contribution is -0.131. The predicted octanol–water partition coefficient (Wildman–Crippen LogP) is 3.72. The highest BCUT2D eigenvalue weighted by molar-refractivity contribution is 9.10. The SMILES string of the molecule is C=CC(=O)N(Cc1cscc1Br)C1CC(CC#N)C1. The molecule has 0 radical (unpaired) electrons. The number of carbonyl (C=O) groups excluding carboxylic acids is 1. The normalized spacial score (nSPS) is 21.3. The van der Waals surface area contributed by atoms with Crippen LogP contribution in [0.15, 0.2) is 27.9 Å². The molecule has 1 aromatic rings. The molecule has 3 nitrogen and oxygen atoms in total. The quantitative estimate of drug-likeness (QED) is 0.768. The van der Waals surface area contributed by atoms with Crippen molar-refractivity contribution in [2.45, 2.75) is 31.8 Å². The van der Waals surface area contributed by atoms with Gasteiger partial charge < -0.3 is 4.90 Å². The van der Waals surface area contributed by atoms with Crippen LogP contribution in [0, 0.1) is 17.2 Å². The van der Waals surface area contributed by atoms with Crippen molar-refractivity contribution in [2.75, 3.05) is 0 Å². The fraction of sp³-hybridized carbons (Fsp3) is 0.429. The number of rotatable bonds is 5. The summed E-state index contributed by atoms with van der Waals surface area (Å²) >= 11 is 5.11. The third-order valence-corrected chi connectivity index (χ3v) is 5.35. The topological polar surface area (TPSA) is 44.1 Å². The fourth-order valence-corrected chi connectivity index (χ4v) is 3.78. The second-order valence-electron chi connectivity index (χ2n) is 4.77. The average Bonchev–Trinajstić information content (AvgIpc) is 2.76. The molecule has 0 bridgehead atoms. The number of nitrogens with zero attached hydrogens (tertiary/aromatic N) is 2. The van der Waals surface area contributed by atoms with Crippen LogP contribution in [0.4, 0.5) is 0 Å². The van der Waals surface area contributed by atoms with Crippen LogP contribution in [0.25, 0.3) is 0 Å². The minimum absolute atomic E-state index is 0.0292. The van der Waals surface area contributed by atoms with Crippen LogP contribution >= 0.6 is 27.3 Å². The van der Waals surface area contributed by atoms with Crippen molar-refractivity contribution in [1.82, 2.24) is 4.90 Å². The Morgan fingerprint density at radius 3 is 2.89 bits per heavy atom. The highest BCUT2D eigenvalue weighted by atomic mass is 79.9. The van der Waals surface area contributed by atoms with Gasteiger partial charge in [0.25, 0.3) is 0 Å². The third kappa shape index (κ3) is 3.26. The Morgan fingerprint density at radius 2 is 2.37 bits per heavy atom. The lowest BCUT2D eigenvalue weighted by Gasteiger charge is -2.42. The number of halogens is 1. The van der Waals surface area contributed by atoms with E-state index in [4.69, 9.17) is 5.26 Å². The van der Waals surface area contributed by atoms with E-state index in [9.17, 15) is 4.79 Å². The molecule has 1 saturated carbocycles. The van der Waals surface area contributed by atoms with E-state index in [1.807, 2.05) is 10.3 Å². The predicted molar refractivity (Wildman–Crippen MR) is 79.5 cm³/mol. The van der Waals surface area contributed by atoms with Crippen molar-refractivity contribution in [3.8, 4) is 6.07 Å². The second kappa shape index (κ2) is 6.36. The minimum atomic E-state index is -0.0292. The van der Waals surface area contributed by atoms with Gasteiger partial charge in [-0.25, -0.2) is 0 Å². The first-order valence-corrected chi connectivity index (χ1v) is 7.89. The van der Waals surface area contributed by atoms with E-state index < -0.39 is 0 Å². The van der Waals surface area contributed by atoms with E-state index in [-0.39, 0.29) is 11.9 Å². The Labute approximate surface area is 125 Å². The lowest BCUT2D eigenvalue weighted by atomic mass is 9.77. The van der Waals surface area contributed by atoms with Gasteiger partial charge in [-0.2, -0.15) is 16.6 Å². The summed E-state index contributed by atoms with van der Waals surface area (Å²) in [4.78, 5) is 13.8. The summed E-state index contributed by atoms with van der Waals surface area (Å²) in [5.41, 5.74) is 1.13. The average molecular weight is 339 g/mol. The van der Waals surface area contributed by atoms with Gasteiger partial charge in [0.15, 0.2) is 0 Å². The maximum Gasteiger partial charge on any atom is 0.246 e. The van der Waals surface area contributed by atoms with Crippen LogP contribution in [0.5, 0.6) is 0 Å². The highest BCUT2D eigenvalue weighted by Gasteiger charge is 2.35. The van der Waals surface area contributed by atoms with E-state index in [1.165, 1.54) is 6.08 Å². The van der Waals surface area contributed by atoms with Crippen LogP contribution < -0.4 is 0 Å². The number of thiophene rings is 1. The van der Waals surface area contributed by atoms with Crippen molar-refractivity contribution in [2.24, 2.45) is 5.92 Å².